The summed E-state index contributed by atoms with van der Waals surface area (Å²) in [5.41, 5.74) is -3.44. The number of carbonyl (C=O) groups excluding carboxylic acids is 2. The largest absolute Gasteiger partial charge is 0.407 e. The van der Waals surface area contributed by atoms with Crippen molar-refractivity contribution in [3.05, 3.63) is 35.2 Å². The molecule has 4 rings (SSSR count). The van der Waals surface area contributed by atoms with Crippen LogP contribution in [0.4, 0.5) is 24.5 Å². The van der Waals surface area contributed by atoms with Gasteiger partial charge in [0, 0.05) is 11.0 Å². The molecule has 3 aliphatic heterocycles. The SMILES string of the molecule is [C-]#[N+]c1ccc(N2C(=O)[C@@H]3[C@H](C2=O)C2(C)CCC3(CCBr)O2)cc1C(F)(F)F. The fourth-order valence-electron chi connectivity index (χ4n) is 5.01. The van der Waals surface area contributed by atoms with Crippen LogP contribution >= 0.6 is 15.9 Å². The predicted octanol–water partition coefficient (Wildman–Crippen LogP) is 4.47. The third-order valence-electron chi connectivity index (χ3n) is 6.19. The molecule has 5 nitrogen and oxygen atoms in total. The third kappa shape index (κ3) is 2.47. The number of alkyl halides is 4. The smallest absolute Gasteiger partial charge is 0.367 e. The molecule has 9 heteroatoms. The summed E-state index contributed by atoms with van der Waals surface area (Å²) in [6, 6.07) is 2.94. The van der Waals surface area contributed by atoms with Crippen LogP contribution in [0.2, 0.25) is 0 Å². The number of rotatable bonds is 3. The van der Waals surface area contributed by atoms with E-state index in [1.807, 2.05) is 0 Å². The van der Waals surface area contributed by atoms with Crippen LogP contribution in [0, 0.1) is 18.4 Å². The van der Waals surface area contributed by atoms with Crippen molar-refractivity contribution in [2.75, 3.05) is 10.2 Å². The van der Waals surface area contributed by atoms with E-state index in [2.05, 4.69) is 20.8 Å². The number of halogens is 4. The summed E-state index contributed by atoms with van der Waals surface area (Å²) in [7, 11) is 0. The lowest BCUT2D eigenvalue weighted by Gasteiger charge is -2.30. The van der Waals surface area contributed by atoms with Crippen molar-refractivity contribution in [1.29, 1.82) is 0 Å². The monoisotopic (exact) mass is 456 g/mol. The molecule has 0 radical (unpaired) electrons. The minimum absolute atomic E-state index is 0.152. The standard InChI is InChI=1S/C19H16BrF3N2O3/c1-17-5-6-18(28-17,7-8-20)14-13(17)15(26)25(16(14)27)10-3-4-12(24-2)11(9-10)19(21,22)23/h3-4,9,13-14H,5-8H2,1H3/t13-,14+,17?,18?/m1/s1. The highest BCUT2D eigenvalue weighted by molar-refractivity contribution is 9.09. The maximum atomic E-state index is 13.3. The number of imide groups is 1. The van der Waals surface area contributed by atoms with E-state index in [0.717, 1.165) is 11.0 Å². The highest BCUT2D eigenvalue weighted by Gasteiger charge is 2.73. The Balaban J connectivity index is 1.79. The number of benzene rings is 1. The summed E-state index contributed by atoms with van der Waals surface area (Å²) in [5.74, 6) is -2.46. The van der Waals surface area contributed by atoms with E-state index in [-0.39, 0.29) is 5.69 Å². The summed E-state index contributed by atoms with van der Waals surface area (Å²) in [6.07, 6.45) is -2.96. The van der Waals surface area contributed by atoms with Crippen LogP contribution in [-0.2, 0) is 20.5 Å². The second-order valence-electron chi connectivity index (χ2n) is 7.70. The molecule has 148 valence electrons. The average molecular weight is 457 g/mol. The van der Waals surface area contributed by atoms with Crippen molar-refractivity contribution in [2.24, 2.45) is 11.8 Å². The molecular weight excluding hydrogens is 441 g/mol. The Hall–Kier alpha value is -1.92. The first-order chi connectivity index (χ1) is 13.1. The van der Waals surface area contributed by atoms with E-state index < -0.39 is 52.3 Å². The van der Waals surface area contributed by atoms with Gasteiger partial charge in [0.25, 0.3) is 0 Å². The zero-order chi connectivity index (χ0) is 20.5. The van der Waals surface area contributed by atoms with Crippen molar-refractivity contribution in [3.8, 4) is 0 Å². The van der Waals surface area contributed by atoms with Gasteiger partial charge in [-0.2, -0.15) is 13.2 Å². The van der Waals surface area contributed by atoms with Crippen molar-refractivity contribution < 1.29 is 27.5 Å². The molecule has 3 aliphatic rings. The molecule has 0 saturated carbocycles. The molecule has 0 aliphatic carbocycles. The van der Waals surface area contributed by atoms with E-state index >= 15 is 0 Å². The molecule has 0 aromatic heterocycles. The maximum Gasteiger partial charge on any atom is 0.407 e. The van der Waals surface area contributed by atoms with Crippen LogP contribution in [0.25, 0.3) is 4.85 Å². The fourth-order valence-corrected chi connectivity index (χ4v) is 5.68. The number of hydrogen-bond acceptors (Lipinski definition) is 3. The number of hydrogen-bond donors (Lipinski definition) is 0. The van der Waals surface area contributed by atoms with Crippen LogP contribution in [0.3, 0.4) is 0 Å². The van der Waals surface area contributed by atoms with E-state index in [0.29, 0.717) is 30.7 Å². The molecule has 2 unspecified atom stereocenters. The fraction of sp³-hybridized carbons (Fsp3) is 0.526. The minimum Gasteiger partial charge on any atom is -0.367 e. The Kier molecular flexibility index (Phi) is 4.18. The van der Waals surface area contributed by atoms with Crippen LogP contribution in [0.1, 0.15) is 31.7 Å². The summed E-state index contributed by atoms with van der Waals surface area (Å²) < 4.78 is 46.2. The number of nitrogens with zero attached hydrogens (tertiary/aromatic N) is 2. The molecule has 3 fully saturated rings. The van der Waals surface area contributed by atoms with Gasteiger partial charge in [0.1, 0.15) is 0 Å². The maximum absolute atomic E-state index is 13.3. The van der Waals surface area contributed by atoms with Gasteiger partial charge >= 0.3 is 6.18 Å². The number of amides is 2. The van der Waals surface area contributed by atoms with E-state index in [4.69, 9.17) is 11.3 Å². The summed E-state index contributed by atoms with van der Waals surface area (Å²) in [4.78, 5) is 30.1. The van der Waals surface area contributed by atoms with E-state index in [1.54, 1.807) is 6.92 Å². The van der Waals surface area contributed by atoms with Crippen LogP contribution in [0.15, 0.2) is 18.2 Å². The second kappa shape index (κ2) is 6.04. The number of anilines is 1. The van der Waals surface area contributed by atoms with Gasteiger partial charge in [-0.05, 0) is 38.3 Å². The normalized spacial score (nSPS) is 34.1. The lowest BCUT2D eigenvalue weighted by molar-refractivity contribution is -0.137. The van der Waals surface area contributed by atoms with Crippen molar-refractivity contribution in [2.45, 2.75) is 43.6 Å². The van der Waals surface area contributed by atoms with Gasteiger partial charge in [-0.1, -0.05) is 22.0 Å². The van der Waals surface area contributed by atoms with Crippen LogP contribution < -0.4 is 4.90 Å². The topological polar surface area (TPSA) is 51.0 Å². The second-order valence-corrected chi connectivity index (χ2v) is 8.49. The molecular formula is C19H16BrF3N2O3. The van der Waals surface area contributed by atoms with Crippen LogP contribution in [0.5, 0.6) is 0 Å². The quantitative estimate of drug-likeness (QED) is 0.383. The Morgan fingerprint density at radius 3 is 2.57 bits per heavy atom. The molecule has 3 saturated heterocycles. The lowest BCUT2D eigenvalue weighted by atomic mass is 9.67. The van der Waals surface area contributed by atoms with Gasteiger partial charge in [-0.3, -0.25) is 9.59 Å². The van der Waals surface area contributed by atoms with Gasteiger partial charge in [-0.15, -0.1) is 0 Å². The van der Waals surface area contributed by atoms with Gasteiger partial charge in [0.2, 0.25) is 11.8 Å². The molecule has 1 aromatic rings. The Morgan fingerprint density at radius 1 is 1.29 bits per heavy atom. The van der Waals surface area contributed by atoms with E-state index in [9.17, 15) is 22.8 Å². The number of carbonyl (C=O) groups is 2. The minimum atomic E-state index is -4.76. The van der Waals surface area contributed by atoms with Crippen LogP contribution in [-0.4, -0.2) is 28.3 Å². The van der Waals surface area contributed by atoms with E-state index in [1.165, 1.54) is 6.07 Å². The van der Waals surface area contributed by atoms with Gasteiger partial charge < -0.3 is 4.74 Å². The number of ether oxygens (including phenoxy) is 1. The van der Waals surface area contributed by atoms with Crippen molar-refractivity contribution in [1.82, 2.24) is 0 Å². The predicted molar refractivity (Wildman–Crippen MR) is 97.0 cm³/mol. The zero-order valence-corrected chi connectivity index (χ0v) is 16.4. The first kappa shape index (κ1) is 19.4. The van der Waals surface area contributed by atoms with Crippen molar-refractivity contribution in [3.63, 3.8) is 0 Å². The number of fused-ring (bicyclic) bond motifs is 5. The zero-order valence-electron chi connectivity index (χ0n) is 14.8. The first-order valence-electron chi connectivity index (χ1n) is 8.81. The molecule has 3 heterocycles. The van der Waals surface area contributed by atoms with Gasteiger partial charge in [0.05, 0.1) is 35.2 Å². The summed E-state index contributed by atoms with van der Waals surface area (Å²) in [6.45, 7) is 8.74. The summed E-state index contributed by atoms with van der Waals surface area (Å²) in [5, 5.41) is 0.589. The Morgan fingerprint density at radius 2 is 1.96 bits per heavy atom. The first-order valence-corrected chi connectivity index (χ1v) is 9.93. The lowest BCUT2D eigenvalue weighted by Crippen LogP contribution is -2.42. The van der Waals surface area contributed by atoms with Crippen molar-refractivity contribution >= 4 is 39.1 Å². The Labute approximate surface area is 167 Å². The van der Waals surface area contributed by atoms with Gasteiger partial charge in [-0.25, -0.2) is 9.74 Å². The highest BCUT2D eigenvalue weighted by atomic mass is 79.9. The molecule has 2 bridgehead atoms. The molecule has 2 amide bonds. The highest BCUT2D eigenvalue weighted by Crippen LogP contribution is 2.62. The summed E-state index contributed by atoms with van der Waals surface area (Å²) >= 11 is 3.37. The molecule has 4 atom stereocenters. The van der Waals surface area contributed by atoms with Gasteiger partial charge in [0.15, 0.2) is 5.69 Å². The molecule has 28 heavy (non-hydrogen) atoms. The molecule has 1 aromatic carbocycles. The third-order valence-corrected chi connectivity index (χ3v) is 6.59. The average Bonchev–Trinajstić information content (AvgIpc) is 3.19. The molecule has 0 N–H and O–H groups in total. The Bertz CT molecular complexity index is 924. The molecule has 0 spiro atoms.